The summed E-state index contributed by atoms with van der Waals surface area (Å²) < 4.78 is 30.8. The number of carbonyl (C=O) groups excluding carboxylic acids is 2. The molecule has 1 N–H and O–H groups in total. The third-order valence-electron chi connectivity index (χ3n) is 4.53. The van der Waals surface area contributed by atoms with Crippen LogP contribution < -0.4 is 5.32 Å². The molecule has 1 aliphatic rings. The maximum Gasteiger partial charge on any atom is 0.338 e. The molecule has 27 heavy (non-hydrogen) atoms. The van der Waals surface area contributed by atoms with E-state index in [-0.39, 0.29) is 27.4 Å². The molecule has 1 aliphatic carbocycles. The molecule has 1 aromatic carbocycles. The fourth-order valence-corrected chi connectivity index (χ4v) is 4.27. The molecule has 1 aromatic rings. The smallest absolute Gasteiger partial charge is 0.338 e. The van der Waals surface area contributed by atoms with Gasteiger partial charge in [0.2, 0.25) is 10.0 Å². The number of hydrogen-bond acceptors (Lipinski definition) is 5. The van der Waals surface area contributed by atoms with Gasteiger partial charge in [0, 0.05) is 20.1 Å². The second-order valence-corrected chi connectivity index (χ2v) is 9.35. The van der Waals surface area contributed by atoms with Crippen LogP contribution in [0, 0.1) is 0 Å². The van der Waals surface area contributed by atoms with Gasteiger partial charge in [-0.2, -0.15) is 0 Å². The fourth-order valence-electron chi connectivity index (χ4n) is 2.87. The van der Waals surface area contributed by atoms with Crippen LogP contribution in [0.2, 0.25) is 5.02 Å². The monoisotopic (exact) mass is 416 g/mol. The third-order valence-corrected chi connectivity index (χ3v) is 6.83. The normalized spacial score (nSPS) is 16.8. The van der Waals surface area contributed by atoms with E-state index in [1.165, 1.54) is 39.6 Å². The lowest BCUT2D eigenvalue weighted by Gasteiger charge is -2.24. The summed E-state index contributed by atoms with van der Waals surface area (Å²) >= 11 is 5.97. The molecular formula is C18H25ClN2O5S. The predicted molar refractivity (Wildman–Crippen MR) is 102 cm³/mol. The van der Waals surface area contributed by atoms with Crippen molar-refractivity contribution in [2.24, 2.45) is 0 Å². The number of nitrogens with zero attached hydrogens (tertiary/aromatic N) is 1. The van der Waals surface area contributed by atoms with Crippen molar-refractivity contribution in [3.8, 4) is 0 Å². The zero-order valence-electron chi connectivity index (χ0n) is 15.7. The Morgan fingerprint density at radius 2 is 1.85 bits per heavy atom. The number of halogens is 1. The summed E-state index contributed by atoms with van der Waals surface area (Å²) in [6.07, 6.45) is 4.19. The number of ether oxygens (including phenoxy) is 1. The molecule has 1 saturated carbocycles. The molecule has 0 spiro atoms. The molecule has 0 aliphatic heterocycles. The van der Waals surface area contributed by atoms with Gasteiger partial charge in [-0.25, -0.2) is 17.5 Å². The number of amides is 1. The fraction of sp³-hybridized carbons (Fsp3) is 0.556. The molecule has 0 aromatic heterocycles. The van der Waals surface area contributed by atoms with Crippen LogP contribution in [-0.2, 0) is 19.6 Å². The quantitative estimate of drug-likeness (QED) is 0.719. The Labute approximate surface area is 165 Å². The maximum absolute atomic E-state index is 12.4. The van der Waals surface area contributed by atoms with Crippen molar-refractivity contribution < 1.29 is 22.7 Å². The summed E-state index contributed by atoms with van der Waals surface area (Å²) in [7, 11) is -1.07. The number of benzene rings is 1. The largest absolute Gasteiger partial charge is 0.449 e. The van der Waals surface area contributed by atoms with Gasteiger partial charge >= 0.3 is 5.97 Å². The topological polar surface area (TPSA) is 92.8 Å². The van der Waals surface area contributed by atoms with Gasteiger partial charge < -0.3 is 10.1 Å². The van der Waals surface area contributed by atoms with Crippen LogP contribution in [0.15, 0.2) is 23.1 Å². The molecule has 1 amide bonds. The van der Waals surface area contributed by atoms with Crippen molar-refractivity contribution in [2.45, 2.75) is 56.1 Å². The van der Waals surface area contributed by atoms with E-state index in [0.29, 0.717) is 0 Å². The van der Waals surface area contributed by atoms with Crippen molar-refractivity contribution in [3.05, 3.63) is 28.8 Å². The Balaban J connectivity index is 2.08. The SMILES string of the molecule is CC(OC(=O)c1ccc(Cl)c(S(=O)(=O)N(C)C)c1)C(=O)NC1CCCCC1. The van der Waals surface area contributed by atoms with Gasteiger partial charge in [0.25, 0.3) is 5.91 Å². The molecule has 7 nitrogen and oxygen atoms in total. The summed E-state index contributed by atoms with van der Waals surface area (Å²) in [4.78, 5) is 24.4. The average molecular weight is 417 g/mol. The van der Waals surface area contributed by atoms with E-state index in [4.69, 9.17) is 16.3 Å². The maximum atomic E-state index is 12.4. The van der Waals surface area contributed by atoms with E-state index in [0.717, 1.165) is 36.1 Å². The molecule has 1 atom stereocenters. The van der Waals surface area contributed by atoms with Crippen LogP contribution >= 0.6 is 11.6 Å². The number of sulfonamides is 1. The molecule has 0 radical (unpaired) electrons. The molecule has 0 saturated heterocycles. The highest BCUT2D eigenvalue weighted by Gasteiger charge is 2.25. The lowest BCUT2D eigenvalue weighted by molar-refractivity contribution is -0.130. The molecular weight excluding hydrogens is 392 g/mol. The minimum atomic E-state index is -3.81. The lowest BCUT2D eigenvalue weighted by atomic mass is 9.95. The zero-order valence-corrected chi connectivity index (χ0v) is 17.3. The van der Waals surface area contributed by atoms with Crippen LogP contribution in [-0.4, -0.2) is 50.8 Å². The van der Waals surface area contributed by atoms with Gasteiger partial charge in [0.05, 0.1) is 10.6 Å². The van der Waals surface area contributed by atoms with Crippen LogP contribution in [0.3, 0.4) is 0 Å². The summed E-state index contributed by atoms with van der Waals surface area (Å²) in [5.41, 5.74) is 0.0112. The van der Waals surface area contributed by atoms with Gasteiger partial charge in [-0.05, 0) is 38.0 Å². The van der Waals surface area contributed by atoms with Crippen molar-refractivity contribution in [2.75, 3.05) is 14.1 Å². The second-order valence-electron chi connectivity index (χ2n) is 6.82. The summed E-state index contributed by atoms with van der Waals surface area (Å²) in [6, 6.07) is 3.96. The number of hydrogen-bond donors (Lipinski definition) is 1. The standard InChI is InChI=1S/C18H25ClN2O5S/c1-12(17(22)20-14-7-5-4-6-8-14)26-18(23)13-9-10-15(19)16(11-13)27(24,25)21(2)3/h9-12,14H,4-8H2,1-3H3,(H,20,22). The van der Waals surface area contributed by atoms with Gasteiger partial charge in [0.15, 0.2) is 6.10 Å². The Hall–Kier alpha value is -1.64. The van der Waals surface area contributed by atoms with E-state index in [1.54, 1.807) is 0 Å². The lowest BCUT2D eigenvalue weighted by Crippen LogP contribution is -2.42. The number of nitrogens with one attached hydrogen (secondary N) is 1. The zero-order chi connectivity index (χ0) is 20.2. The molecule has 1 fully saturated rings. The highest BCUT2D eigenvalue weighted by molar-refractivity contribution is 7.89. The van der Waals surface area contributed by atoms with Crippen LogP contribution in [0.4, 0.5) is 0 Å². The highest BCUT2D eigenvalue weighted by atomic mass is 35.5. The van der Waals surface area contributed by atoms with Crippen LogP contribution in [0.25, 0.3) is 0 Å². The van der Waals surface area contributed by atoms with Crippen molar-refractivity contribution in [3.63, 3.8) is 0 Å². The molecule has 0 bridgehead atoms. The van der Waals surface area contributed by atoms with E-state index in [1.807, 2.05) is 0 Å². The van der Waals surface area contributed by atoms with Crippen LogP contribution in [0.1, 0.15) is 49.4 Å². The summed E-state index contributed by atoms with van der Waals surface area (Å²) in [5.74, 6) is -1.14. The first-order valence-corrected chi connectivity index (χ1v) is 10.7. The number of carbonyl (C=O) groups is 2. The summed E-state index contributed by atoms with van der Waals surface area (Å²) in [5, 5.41) is 2.90. The first-order valence-electron chi connectivity index (χ1n) is 8.86. The third kappa shape index (κ3) is 5.43. The first kappa shape index (κ1) is 21.7. The van der Waals surface area contributed by atoms with E-state index in [2.05, 4.69) is 5.32 Å². The first-order chi connectivity index (χ1) is 12.6. The minimum Gasteiger partial charge on any atom is -0.449 e. The van der Waals surface area contributed by atoms with Gasteiger partial charge in [-0.3, -0.25) is 4.79 Å². The molecule has 150 valence electrons. The Morgan fingerprint density at radius 1 is 1.22 bits per heavy atom. The number of rotatable bonds is 6. The van der Waals surface area contributed by atoms with Crippen LogP contribution in [0.5, 0.6) is 0 Å². The second kappa shape index (κ2) is 9.03. The van der Waals surface area contributed by atoms with Gasteiger partial charge in [0.1, 0.15) is 4.90 Å². The van der Waals surface area contributed by atoms with Gasteiger partial charge in [-0.15, -0.1) is 0 Å². The average Bonchev–Trinajstić information content (AvgIpc) is 2.62. The highest BCUT2D eigenvalue weighted by Crippen LogP contribution is 2.25. The number of esters is 1. The molecule has 0 heterocycles. The van der Waals surface area contributed by atoms with E-state index >= 15 is 0 Å². The molecule has 2 rings (SSSR count). The van der Waals surface area contributed by atoms with Crippen molar-refractivity contribution >= 4 is 33.5 Å². The minimum absolute atomic E-state index is 0.00309. The summed E-state index contributed by atoms with van der Waals surface area (Å²) in [6.45, 7) is 1.49. The van der Waals surface area contributed by atoms with Crippen molar-refractivity contribution in [1.82, 2.24) is 9.62 Å². The van der Waals surface area contributed by atoms with E-state index < -0.39 is 22.1 Å². The Morgan fingerprint density at radius 3 is 2.44 bits per heavy atom. The van der Waals surface area contributed by atoms with Crippen molar-refractivity contribution in [1.29, 1.82) is 0 Å². The van der Waals surface area contributed by atoms with E-state index in [9.17, 15) is 18.0 Å². The Kier molecular flexibility index (Phi) is 7.25. The predicted octanol–water partition coefficient (Wildman–Crippen LogP) is 2.58. The molecule has 9 heteroatoms. The Bertz CT molecular complexity index is 804. The van der Waals surface area contributed by atoms with Gasteiger partial charge in [-0.1, -0.05) is 30.9 Å². The molecule has 1 unspecified atom stereocenters.